The first-order valence-corrected chi connectivity index (χ1v) is 19.3. The fourth-order valence-corrected chi connectivity index (χ4v) is 8.78. The molecule has 56 heavy (non-hydrogen) atoms. The quantitative estimate of drug-likeness (QED) is 0.162. The molecule has 0 radical (unpaired) electrons. The number of fused-ring (bicyclic) bond motifs is 7. The highest BCUT2D eigenvalue weighted by Crippen LogP contribution is 2.43. The number of aromatic nitrogens is 2. The standard InChI is InChI=1S/C54H36N2/c1-3-14-37(15-4-1)38-26-28-39(29-27-38)42-18-13-19-44(36-42)56-50-25-12-10-23-48(50)54-52(56)35-34-51-53(54)47-22-9-11-24-49(47)55(51)43-32-30-41(31-33-43)46-21-8-7-20-45(46)40-16-5-2-6-17-40/h1-36H. The van der Waals surface area contributed by atoms with Crippen LogP contribution in [0.2, 0.25) is 0 Å². The van der Waals surface area contributed by atoms with Crippen molar-refractivity contribution in [1.29, 1.82) is 0 Å². The summed E-state index contributed by atoms with van der Waals surface area (Å²) in [7, 11) is 0. The van der Waals surface area contributed by atoms with Crippen LogP contribution in [0.5, 0.6) is 0 Å². The fourth-order valence-electron chi connectivity index (χ4n) is 8.78. The van der Waals surface area contributed by atoms with Crippen LogP contribution in [0.3, 0.4) is 0 Å². The Morgan fingerprint density at radius 1 is 0.232 bits per heavy atom. The van der Waals surface area contributed by atoms with Crippen molar-refractivity contribution in [2.24, 2.45) is 0 Å². The maximum absolute atomic E-state index is 2.44. The summed E-state index contributed by atoms with van der Waals surface area (Å²) in [5.74, 6) is 0. The molecule has 11 aromatic rings. The Bertz CT molecular complexity index is 3200. The molecule has 0 N–H and O–H groups in total. The van der Waals surface area contributed by atoms with Gasteiger partial charge in [-0.05, 0) is 93.0 Å². The number of rotatable bonds is 6. The SMILES string of the molecule is c1ccc(-c2ccc(-c3cccc(-n4c5ccccc5c5c6c7ccccc7n(-c7ccc(-c8ccccc8-c8ccccc8)cc7)c6ccc54)c3)cc2)cc1. The summed E-state index contributed by atoms with van der Waals surface area (Å²) >= 11 is 0. The maximum atomic E-state index is 2.44. The van der Waals surface area contributed by atoms with Crippen LogP contribution in [-0.2, 0) is 0 Å². The van der Waals surface area contributed by atoms with Crippen molar-refractivity contribution >= 4 is 43.6 Å². The predicted octanol–water partition coefficient (Wildman–Crippen LogP) is 14.5. The van der Waals surface area contributed by atoms with E-state index in [1.54, 1.807) is 0 Å². The molecule has 2 heteroatoms. The van der Waals surface area contributed by atoms with Gasteiger partial charge in [-0.3, -0.25) is 0 Å². The van der Waals surface area contributed by atoms with E-state index >= 15 is 0 Å². The van der Waals surface area contributed by atoms with Gasteiger partial charge in [-0.1, -0.05) is 170 Å². The van der Waals surface area contributed by atoms with Gasteiger partial charge in [0.05, 0.1) is 22.1 Å². The van der Waals surface area contributed by atoms with E-state index in [0.717, 1.165) is 11.4 Å². The zero-order chi connectivity index (χ0) is 37.0. The van der Waals surface area contributed by atoms with Gasteiger partial charge in [-0.2, -0.15) is 0 Å². The minimum atomic E-state index is 1.14. The van der Waals surface area contributed by atoms with E-state index in [1.807, 2.05) is 0 Å². The van der Waals surface area contributed by atoms with E-state index in [-0.39, 0.29) is 0 Å². The normalized spacial score (nSPS) is 11.6. The molecular formula is C54H36N2. The summed E-state index contributed by atoms with van der Waals surface area (Å²) in [5.41, 5.74) is 16.8. The molecule has 0 atom stereocenters. The molecule has 2 aromatic heterocycles. The van der Waals surface area contributed by atoms with Crippen LogP contribution in [0.15, 0.2) is 218 Å². The van der Waals surface area contributed by atoms with E-state index in [4.69, 9.17) is 0 Å². The Morgan fingerprint density at radius 2 is 0.643 bits per heavy atom. The second kappa shape index (κ2) is 13.2. The van der Waals surface area contributed by atoms with Crippen LogP contribution < -0.4 is 0 Å². The molecule has 0 amide bonds. The van der Waals surface area contributed by atoms with Crippen molar-refractivity contribution in [2.75, 3.05) is 0 Å². The monoisotopic (exact) mass is 712 g/mol. The Kier molecular flexibility index (Phi) is 7.53. The van der Waals surface area contributed by atoms with Crippen molar-refractivity contribution in [1.82, 2.24) is 9.13 Å². The molecule has 0 spiro atoms. The number of benzene rings is 9. The summed E-state index contributed by atoms with van der Waals surface area (Å²) in [6, 6.07) is 79.2. The molecule has 262 valence electrons. The van der Waals surface area contributed by atoms with E-state index in [9.17, 15) is 0 Å². The molecular weight excluding hydrogens is 677 g/mol. The van der Waals surface area contributed by atoms with Gasteiger partial charge in [0.15, 0.2) is 0 Å². The fraction of sp³-hybridized carbons (Fsp3) is 0. The first-order chi connectivity index (χ1) is 27.8. The van der Waals surface area contributed by atoms with Crippen molar-refractivity contribution in [3.63, 3.8) is 0 Å². The van der Waals surface area contributed by atoms with Gasteiger partial charge in [-0.25, -0.2) is 0 Å². The highest BCUT2D eigenvalue weighted by atomic mass is 15.0. The number of para-hydroxylation sites is 2. The van der Waals surface area contributed by atoms with Crippen molar-refractivity contribution in [3.05, 3.63) is 218 Å². The topological polar surface area (TPSA) is 9.86 Å². The van der Waals surface area contributed by atoms with Crippen LogP contribution in [0, 0.1) is 0 Å². The lowest BCUT2D eigenvalue weighted by molar-refractivity contribution is 1.17. The summed E-state index contributed by atoms with van der Waals surface area (Å²) in [5, 5.41) is 5.06. The first-order valence-electron chi connectivity index (χ1n) is 19.3. The highest BCUT2D eigenvalue weighted by molar-refractivity contribution is 6.28. The Balaban J connectivity index is 1.06. The zero-order valence-corrected chi connectivity index (χ0v) is 30.7. The molecule has 0 unspecified atom stereocenters. The molecule has 9 aromatic carbocycles. The number of hydrogen-bond donors (Lipinski definition) is 0. The third kappa shape index (κ3) is 5.19. The van der Waals surface area contributed by atoms with Crippen LogP contribution in [0.25, 0.3) is 99.5 Å². The Morgan fingerprint density at radius 3 is 1.23 bits per heavy atom. The smallest absolute Gasteiger partial charge is 0.0548 e. The van der Waals surface area contributed by atoms with Gasteiger partial charge >= 0.3 is 0 Å². The molecule has 0 bridgehead atoms. The molecule has 0 aliphatic rings. The van der Waals surface area contributed by atoms with E-state index < -0.39 is 0 Å². The maximum Gasteiger partial charge on any atom is 0.0548 e. The van der Waals surface area contributed by atoms with Gasteiger partial charge < -0.3 is 9.13 Å². The van der Waals surface area contributed by atoms with Crippen LogP contribution in [-0.4, -0.2) is 9.13 Å². The molecule has 2 nitrogen and oxygen atoms in total. The van der Waals surface area contributed by atoms with Gasteiger partial charge in [0.25, 0.3) is 0 Å². The minimum absolute atomic E-state index is 1.14. The van der Waals surface area contributed by atoms with Gasteiger partial charge in [0, 0.05) is 32.9 Å². The second-order valence-electron chi connectivity index (χ2n) is 14.5. The molecule has 0 saturated heterocycles. The lowest BCUT2D eigenvalue weighted by Crippen LogP contribution is -1.95. The van der Waals surface area contributed by atoms with Crippen molar-refractivity contribution in [3.8, 4) is 55.9 Å². The summed E-state index contributed by atoms with van der Waals surface area (Å²) in [6.45, 7) is 0. The Hall–Kier alpha value is -7.42. The van der Waals surface area contributed by atoms with Crippen LogP contribution in [0.4, 0.5) is 0 Å². The Labute approximate surface area is 325 Å². The average Bonchev–Trinajstić information content (AvgIpc) is 3.80. The highest BCUT2D eigenvalue weighted by Gasteiger charge is 2.21. The molecule has 11 rings (SSSR count). The second-order valence-corrected chi connectivity index (χ2v) is 14.5. The van der Waals surface area contributed by atoms with E-state index in [2.05, 4.69) is 228 Å². The third-order valence-electron chi connectivity index (χ3n) is 11.3. The first kappa shape index (κ1) is 32.0. The lowest BCUT2D eigenvalue weighted by Gasteiger charge is -2.13. The molecule has 0 fully saturated rings. The average molecular weight is 713 g/mol. The molecule has 2 heterocycles. The lowest BCUT2D eigenvalue weighted by atomic mass is 9.94. The summed E-state index contributed by atoms with van der Waals surface area (Å²) < 4.78 is 4.87. The third-order valence-corrected chi connectivity index (χ3v) is 11.3. The van der Waals surface area contributed by atoms with Gasteiger partial charge in [0.2, 0.25) is 0 Å². The number of hydrogen-bond acceptors (Lipinski definition) is 0. The molecule has 0 aliphatic carbocycles. The summed E-state index contributed by atoms with van der Waals surface area (Å²) in [6.07, 6.45) is 0. The number of nitrogens with zero attached hydrogens (tertiary/aromatic N) is 2. The van der Waals surface area contributed by atoms with Crippen molar-refractivity contribution < 1.29 is 0 Å². The predicted molar refractivity (Wildman–Crippen MR) is 237 cm³/mol. The zero-order valence-electron chi connectivity index (χ0n) is 30.7. The van der Waals surface area contributed by atoms with E-state index in [0.29, 0.717) is 0 Å². The van der Waals surface area contributed by atoms with Crippen molar-refractivity contribution in [2.45, 2.75) is 0 Å². The molecule has 0 saturated carbocycles. The van der Waals surface area contributed by atoms with Crippen LogP contribution in [0.1, 0.15) is 0 Å². The summed E-state index contributed by atoms with van der Waals surface area (Å²) in [4.78, 5) is 0. The largest absolute Gasteiger partial charge is 0.309 e. The van der Waals surface area contributed by atoms with Crippen LogP contribution >= 0.6 is 0 Å². The van der Waals surface area contributed by atoms with Gasteiger partial charge in [0.1, 0.15) is 0 Å². The van der Waals surface area contributed by atoms with E-state index in [1.165, 1.54) is 88.1 Å². The molecule has 0 aliphatic heterocycles. The van der Waals surface area contributed by atoms with Gasteiger partial charge in [-0.15, -0.1) is 0 Å². The minimum Gasteiger partial charge on any atom is -0.309 e.